The van der Waals surface area contributed by atoms with Gasteiger partial charge in [0.1, 0.15) is 11.6 Å². The minimum atomic E-state index is -3.89. The second kappa shape index (κ2) is 12.5. The summed E-state index contributed by atoms with van der Waals surface area (Å²) in [5, 5.41) is 11.5. The van der Waals surface area contributed by atoms with Gasteiger partial charge in [0.2, 0.25) is 0 Å². The van der Waals surface area contributed by atoms with Crippen molar-refractivity contribution in [2.45, 2.75) is 45.1 Å². The van der Waals surface area contributed by atoms with Crippen molar-refractivity contribution in [3.63, 3.8) is 0 Å². The summed E-state index contributed by atoms with van der Waals surface area (Å²) in [5.41, 5.74) is 2.59. The first kappa shape index (κ1) is 29.2. The number of halogens is 4. The quantitative estimate of drug-likeness (QED) is 0.211. The summed E-state index contributed by atoms with van der Waals surface area (Å²) in [5.74, 6) is -7.45. The number of aromatic nitrogens is 2. The summed E-state index contributed by atoms with van der Waals surface area (Å²) in [6, 6.07) is 9.52. The number of allylic oxidation sites excluding steroid dienone is 3. The van der Waals surface area contributed by atoms with Gasteiger partial charge in [-0.3, -0.25) is 4.79 Å². The van der Waals surface area contributed by atoms with Gasteiger partial charge in [0.05, 0.1) is 28.5 Å². The van der Waals surface area contributed by atoms with Crippen LogP contribution in [-0.2, 0) is 11.2 Å². The number of hydrogen-bond acceptors (Lipinski definition) is 4. The van der Waals surface area contributed by atoms with Gasteiger partial charge in [-0.25, -0.2) is 23.5 Å². The number of aryl methyl sites for hydroxylation is 1. The van der Waals surface area contributed by atoms with Crippen LogP contribution in [0.15, 0.2) is 78.7 Å². The number of alkyl halides is 2. The first-order valence-electron chi connectivity index (χ1n) is 12.1. The zero-order valence-electron chi connectivity index (χ0n) is 21.3. The van der Waals surface area contributed by atoms with E-state index >= 15 is 0 Å². The lowest BCUT2D eigenvalue weighted by Gasteiger charge is -2.15. The lowest BCUT2D eigenvalue weighted by Crippen LogP contribution is -2.33. The Morgan fingerprint density at radius 1 is 1.10 bits per heavy atom. The molecule has 0 fully saturated rings. The third-order valence-corrected chi connectivity index (χ3v) is 5.97. The summed E-state index contributed by atoms with van der Waals surface area (Å²) in [7, 11) is 0. The molecule has 3 aromatic rings. The van der Waals surface area contributed by atoms with Gasteiger partial charge in [0.25, 0.3) is 5.91 Å². The van der Waals surface area contributed by atoms with E-state index in [1.165, 1.54) is 48.6 Å². The van der Waals surface area contributed by atoms with Crippen LogP contribution in [0.5, 0.6) is 0 Å². The van der Waals surface area contributed by atoms with Crippen LogP contribution in [0.4, 0.5) is 17.6 Å². The van der Waals surface area contributed by atoms with Gasteiger partial charge in [-0.05, 0) is 80.8 Å². The number of hydrogen-bond donors (Lipinski definition) is 2. The van der Waals surface area contributed by atoms with Crippen molar-refractivity contribution < 1.29 is 32.3 Å². The van der Waals surface area contributed by atoms with E-state index in [2.05, 4.69) is 21.9 Å². The number of carboxylic acid groups (broad SMARTS) is 1. The Morgan fingerprint density at radius 3 is 2.44 bits per heavy atom. The number of amides is 1. The van der Waals surface area contributed by atoms with E-state index in [1.54, 1.807) is 26.0 Å². The summed E-state index contributed by atoms with van der Waals surface area (Å²) >= 11 is 0. The van der Waals surface area contributed by atoms with Crippen LogP contribution in [0.3, 0.4) is 0 Å². The van der Waals surface area contributed by atoms with Crippen LogP contribution in [0.2, 0.25) is 0 Å². The number of carbonyl (C=O) groups is 2. The molecule has 0 aliphatic heterocycles. The van der Waals surface area contributed by atoms with Gasteiger partial charge >= 0.3 is 11.9 Å². The molecule has 0 saturated carbocycles. The molecule has 2 N–H and O–H groups in total. The Morgan fingerprint density at radius 2 is 1.79 bits per heavy atom. The fourth-order valence-electron chi connectivity index (χ4n) is 3.63. The molecule has 0 radical (unpaired) electrons. The van der Waals surface area contributed by atoms with Gasteiger partial charge in [-0.2, -0.15) is 8.78 Å². The van der Waals surface area contributed by atoms with E-state index in [0.717, 1.165) is 0 Å². The third kappa shape index (κ3) is 7.59. The molecule has 0 bridgehead atoms. The van der Waals surface area contributed by atoms with E-state index in [-0.39, 0.29) is 18.4 Å². The van der Waals surface area contributed by atoms with Crippen molar-refractivity contribution in [3.8, 4) is 11.3 Å². The summed E-state index contributed by atoms with van der Waals surface area (Å²) in [6.07, 6.45) is 2.86. The van der Waals surface area contributed by atoms with Crippen LogP contribution in [0, 0.1) is 5.82 Å². The zero-order valence-corrected chi connectivity index (χ0v) is 21.3. The Bertz CT molecular complexity index is 1450. The molecule has 6 nitrogen and oxygen atoms in total. The van der Waals surface area contributed by atoms with E-state index in [0.29, 0.717) is 33.6 Å². The molecule has 0 aliphatic rings. The number of fused-ring (bicyclic) bond motifs is 1. The molecule has 1 heterocycles. The minimum absolute atomic E-state index is 0.0269. The molecule has 3 rings (SSSR count). The fourth-order valence-corrected chi connectivity index (χ4v) is 3.63. The predicted octanol–water partition coefficient (Wildman–Crippen LogP) is 6.58. The van der Waals surface area contributed by atoms with Gasteiger partial charge in [0, 0.05) is 17.5 Å². The fraction of sp³-hybridized carbons (Fsp3) is 0.241. The van der Waals surface area contributed by atoms with Gasteiger partial charge in [-0.15, -0.1) is 0 Å². The Hall–Kier alpha value is -4.34. The molecule has 39 heavy (non-hydrogen) atoms. The van der Waals surface area contributed by atoms with E-state index < -0.39 is 41.9 Å². The summed E-state index contributed by atoms with van der Waals surface area (Å²) < 4.78 is 54.1. The SMILES string of the molecule is C=C(/C=C\C(F)=C/C)[C@@H](C)NC(=O)c1ccc2nc(-c3ccc(F)cc3)c(CCCC(F)(F)C(=O)O)nc2c1. The second-order valence-electron chi connectivity index (χ2n) is 8.87. The molecule has 0 unspecified atom stereocenters. The normalized spacial score (nSPS) is 13.0. The number of nitrogens with one attached hydrogen (secondary N) is 1. The number of benzene rings is 2. The molecule has 0 aliphatic carbocycles. The highest BCUT2D eigenvalue weighted by Gasteiger charge is 2.37. The van der Waals surface area contributed by atoms with Crippen LogP contribution in [0.1, 0.15) is 42.7 Å². The monoisotopic (exact) mass is 541 g/mol. The highest BCUT2D eigenvalue weighted by molar-refractivity contribution is 5.97. The molecule has 0 saturated heterocycles. The van der Waals surface area contributed by atoms with Crippen LogP contribution < -0.4 is 5.32 Å². The highest BCUT2D eigenvalue weighted by Crippen LogP contribution is 2.28. The standard InChI is InChI=1S/C29H27F4N3O3/c1-4-21(30)11-7-17(2)18(3)34-27(37)20-10-14-23-25(16-20)35-24(6-5-15-29(32,33)28(38)39)26(36-23)19-8-12-22(31)13-9-19/h4,7-14,16,18H,2,5-6,15H2,1,3H3,(H,34,37)(H,38,39)/b11-7-,21-4+/t18-/m1/s1. The molecule has 1 aromatic heterocycles. The maximum Gasteiger partial charge on any atom is 0.374 e. The minimum Gasteiger partial charge on any atom is -0.477 e. The van der Waals surface area contributed by atoms with Crippen molar-refractivity contribution in [1.82, 2.24) is 15.3 Å². The average molecular weight is 542 g/mol. The molecule has 204 valence electrons. The molecular weight excluding hydrogens is 514 g/mol. The maximum absolute atomic E-state index is 13.6. The summed E-state index contributed by atoms with van der Waals surface area (Å²) in [6.45, 7) is 7.08. The first-order chi connectivity index (χ1) is 18.4. The molecule has 2 aromatic carbocycles. The Balaban J connectivity index is 1.90. The lowest BCUT2D eigenvalue weighted by atomic mass is 10.0. The highest BCUT2D eigenvalue weighted by atomic mass is 19.3. The lowest BCUT2D eigenvalue weighted by molar-refractivity contribution is -0.165. The zero-order chi connectivity index (χ0) is 28.7. The number of aliphatic carboxylic acids is 1. The molecule has 10 heteroatoms. The topological polar surface area (TPSA) is 92.2 Å². The van der Waals surface area contributed by atoms with Gasteiger partial charge < -0.3 is 10.4 Å². The number of rotatable bonds is 11. The summed E-state index contributed by atoms with van der Waals surface area (Å²) in [4.78, 5) is 32.8. The van der Waals surface area contributed by atoms with Crippen LogP contribution in [-0.4, -0.2) is 38.9 Å². The Kier molecular flexibility index (Phi) is 9.34. The first-order valence-corrected chi connectivity index (χ1v) is 12.1. The smallest absolute Gasteiger partial charge is 0.374 e. The van der Waals surface area contributed by atoms with Crippen molar-refractivity contribution in [3.05, 3.63) is 95.7 Å². The van der Waals surface area contributed by atoms with Crippen LogP contribution >= 0.6 is 0 Å². The molecule has 0 spiro atoms. The van der Waals surface area contributed by atoms with E-state index in [1.807, 2.05) is 0 Å². The predicted molar refractivity (Wildman–Crippen MR) is 141 cm³/mol. The van der Waals surface area contributed by atoms with E-state index in [4.69, 9.17) is 5.11 Å². The average Bonchev–Trinajstić information content (AvgIpc) is 2.90. The maximum atomic E-state index is 13.6. The van der Waals surface area contributed by atoms with Crippen LogP contribution in [0.25, 0.3) is 22.3 Å². The van der Waals surface area contributed by atoms with Crippen molar-refractivity contribution >= 4 is 22.9 Å². The number of carbonyl (C=O) groups excluding carboxylic acids is 1. The largest absolute Gasteiger partial charge is 0.477 e. The number of carboxylic acids is 1. The number of nitrogens with zero attached hydrogens (tertiary/aromatic N) is 2. The Labute approximate surface area is 222 Å². The molecule has 1 atom stereocenters. The van der Waals surface area contributed by atoms with Crippen molar-refractivity contribution in [2.75, 3.05) is 0 Å². The third-order valence-electron chi connectivity index (χ3n) is 5.97. The van der Waals surface area contributed by atoms with Gasteiger partial charge in [-0.1, -0.05) is 18.7 Å². The van der Waals surface area contributed by atoms with Crippen molar-refractivity contribution in [2.24, 2.45) is 0 Å². The van der Waals surface area contributed by atoms with E-state index in [9.17, 15) is 27.2 Å². The second-order valence-corrected chi connectivity index (χ2v) is 8.87. The molecular formula is C29H27F4N3O3. The van der Waals surface area contributed by atoms with Crippen molar-refractivity contribution in [1.29, 1.82) is 0 Å². The van der Waals surface area contributed by atoms with Gasteiger partial charge in [0.15, 0.2) is 0 Å². The molecule has 1 amide bonds.